The van der Waals surface area contributed by atoms with Crippen LogP contribution in [0.5, 0.6) is 11.9 Å². The smallest absolute Gasteiger partial charge is 0.418 e. The number of aromatic nitrogens is 3. The number of nitrogen functional groups attached to an aromatic ring is 1. The van der Waals surface area contributed by atoms with E-state index in [0.717, 1.165) is 31.5 Å². The summed E-state index contributed by atoms with van der Waals surface area (Å²) in [4.78, 5) is 17.4. The maximum atomic E-state index is 16.6. The minimum atomic E-state index is -4.95. The third kappa shape index (κ3) is 4.59. The van der Waals surface area contributed by atoms with E-state index in [9.17, 15) is 17.6 Å². The lowest BCUT2D eigenvalue weighted by molar-refractivity contribution is -0.137. The van der Waals surface area contributed by atoms with E-state index in [1.807, 2.05) is 11.8 Å². The third-order valence-electron chi connectivity index (χ3n) is 9.29. The van der Waals surface area contributed by atoms with Gasteiger partial charge in [0.2, 0.25) is 5.88 Å². The van der Waals surface area contributed by atoms with Crippen LogP contribution in [0.2, 0.25) is 5.02 Å². The van der Waals surface area contributed by atoms with Gasteiger partial charge in [0.15, 0.2) is 5.82 Å². The number of anilines is 2. The van der Waals surface area contributed by atoms with Crippen LogP contribution in [-0.2, 0) is 10.9 Å². The highest BCUT2D eigenvalue weighted by molar-refractivity contribution is 6.32. The molecule has 3 aromatic rings. The molecule has 44 heavy (non-hydrogen) atoms. The van der Waals surface area contributed by atoms with Crippen LogP contribution in [0.3, 0.4) is 0 Å². The first-order chi connectivity index (χ1) is 20.9. The zero-order valence-corrected chi connectivity index (χ0v) is 24.6. The Kier molecular flexibility index (Phi) is 6.98. The Bertz CT molecular complexity index is 1640. The molecule has 0 radical (unpaired) electrons. The topological polar surface area (TPSA) is 98.9 Å². The lowest BCUT2D eigenvalue weighted by Gasteiger charge is -2.50. The third-order valence-corrected chi connectivity index (χ3v) is 9.58. The normalized spacial score (nSPS) is 24.6. The standard InChI is InChI=1S/C29H30ClF5N6O3/c1-2-41-24-19-23(38-26(39-24)44-14-27-4-3-6-40(27)11-15(31)10-27)21(32)22(37-25(19)43-7-5-28(41)12-42-13-28)17-8-16(36)9-18(30)20(17)29(33,34)35/h8-9,15H,2-7,10-14,36H2,1H3/t15-,27+/m1/s1. The summed E-state index contributed by atoms with van der Waals surface area (Å²) < 4.78 is 91.4. The average molecular weight is 641 g/mol. The van der Waals surface area contributed by atoms with Crippen molar-refractivity contribution in [1.29, 1.82) is 0 Å². The number of hydrogen-bond donors (Lipinski definition) is 1. The molecule has 0 unspecified atom stereocenters. The van der Waals surface area contributed by atoms with E-state index in [1.165, 1.54) is 0 Å². The van der Waals surface area contributed by atoms with E-state index >= 15 is 4.39 Å². The Morgan fingerprint density at radius 3 is 2.68 bits per heavy atom. The van der Waals surface area contributed by atoms with Crippen molar-refractivity contribution in [1.82, 2.24) is 19.9 Å². The fraction of sp³-hybridized carbons (Fsp3) is 0.552. The number of alkyl halides is 4. The Balaban J connectivity index is 1.43. The van der Waals surface area contributed by atoms with Gasteiger partial charge in [0.1, 0.15) is 35.2 Å². The first-order valence-electron chi connectivity index (χ1n) is 14.5. The molecule has 4 aliphatic heterocycles. The minimum Gasteiger partial charge on any atom is -0.477 e. The van der Waals surface area contributed by atoms with Crippen molar-refractivity contribution >= 4 is 34.0 Å². The van der Waals surface area contributed by atoms with Crippen LogP contribution < -0.4 is 20.1 Å². The SMILES string of the molecule is CCN1c2nc(OC[C@@]34CCCN3C[C@H](F)C4)nc3c(F)c(-c4cc(N)cc(Cl)c4C(F)(F)F)nc(c23)OCCC12COC2. The van der Waals surface area contributed by atoms with Gasteiger partial charge in [-0.1, -0.05) is 11.6 Å². The van der Waals surface area contributed by atoms with Crippen LogP contribution in [0.4, 0.5) is 33.5 Å². The molecule has 0 amide bonds. The van der Waals surface area contributed by atoms with Gasteiger partial charge in [-0.25, -0.2) is 13.8 Å². The Labute approximate surface area is 254 Å². The second kappa shape index (κ2) is 10.4. The maximum absolute atomic E-state index is 16.6. The number of nitrogens with two attached hydrogens (primary N) is 1. The van der Waals surface area contributed by atoms with Crippen molar-refractivity contribution in [3.8, 4) is 23.1 Å². The molecule has 236 valence electrons. The molecule has 1 aromatic carbocycles. The largest absolute Gasteiger partial charge is 0.477 e. The maximum Gasteiger partial charge on any atom is 0.418 e. The van der Waals surface area contributed by atoms with Crippen molar-refractivity contribution in [3.05, 3.63) is 28.5 Å². The highest BCUT2D eigenvalue weighted by atomic mass is 35.5. The van der Waals surface area contributed by atoms with Crippen LogP contribution in [0.1, 0.15) is 38.2 Å². The summed E-state index contributed by atoms with van der Waals surface area (Å²) in [5.74, 6) is -1.01. The number of hydrogen-bond acceptors (Lipinski definition) is 9. The van der Waals surface area contributed by atoms with Gasteiger partial charge in [0.05, 0.1) is 41.5 Å². The van der Waals surface area contributed by atoms with Crippen molar-refractivity contribution in [2.45, 2.75) is 56.0 Å². The zero-order chi connectivity index (χ0) is 31.0. The number of halogens is 6. The summed E-state index contributed by atoms with van der Waals surface area (Å²) in [5.41, 5.74) is 1.77. The van der Waals surface area contributed by atoms with E-state index in [-0.39, 0.29) is 47.5 Å². The molecule has 7 rings (SSSR count). The molecule has 4 aliphatic rings. The molecule has 3 fully saturated rings. The molecule has 6 heterocycles. The molecule has 15 heteroatoms. The summed E-state index contributed by atoms with van der Waals surface area (Å²) in [7, 11) is 0. The number of likely N-dealkylation sites (N-methyl/N-ethyl adjacent to an activating group) is 1. The molecule has 1 spiro atoms. The summed E-state index contributed by atoms with van der Waals surface area (Å²) in [6.45, 7) is 4.38. The molecule has 3 saturated heterocycles. The molecule has 2 aromatic heterocycles. The molecule has 2 atom stereocenters. The predicted molar refractivity (Wildman–Crippen MR) is 152 cm³/mol. The van der Waals surface area contributed by atoms with Gasteiger partial charge in [-0.15, -0.1) is 0 Å². The summed E-state index contributed by atoms with van der Waals surface area (Å²) in [6.07, 6.45) is -3.53. The number of fused-ring (bicyclic) bond motifs is 1. The van der Waals surface area contributed by atoms with E-state index in [0.29, 0.717) is 39.1 Å². The van der Waals surface area contributed by atoms with Gasteiger partial charge >= 0.3 is 12.2 Å². The zero-order valence-electron chi connectivity index (χ0n) is 23.8. The van der Waals surface area contributed by atoms with Crippen LogP contribution in [0, 0.1) is 5.82 Å². The minimum absolute atomic E-state index is 0.0741. The van der Waals surface area contributed by atoms with Crippen molar-refractivity contribution < 1.29 is 36.2 Å². The summed E-state index contributed by atoms with van der Waals surface area (Å²) in [5, 5.41) is -0.600. The second-order valence-corrected chi connectivity index (χ2v) is 12.4. The molecule has 0 saturated carbocycles. The molecular weight excluding hydrogens is 611 g/mol. The molecule has 2 N–H and O–H groups in total. The number of pyridine rings is 1. The molecule has 9 nitrogen and oxygen atoms in total. The van der Waals surface area contributed by atoms with Gasteiger partial charge < -0.3 is 24.8 Å². The lowest BCUT2D eigenvalue weighted by Crippen LogP contribution is -2.63. The van der Waals surface area contributed by atoms with Gasteiger partial charge in [-0.3, -0.25) is 4.90 Å². The predicted octanol–water partition coefficient (Wildman–Crippen LogP) is 5.42. The number of rotatable bonds is 5. The van der Waals surface area contributed by atoms with E-state index in [1.54, 1.807) is 0 Å². The van der Waals surface area contributed by atoms with Gasteiger partial charge in [-0.05, 0) is 38.4 Å². The lowest BCUT2D eigenvalue weighted by atomic mass is 9.90. The van der Waals surface area contributed by atoms with Crippen LogP contribution in [0.15, 0.2) is 12.1 Å². The monoisotopic (exact) mass is 640 g/mol. The quantitative estimate of drug-likeness (QED) is 0.290. The van der Waals surface area contributed by atoms with Crippen molar-refractivity contribution in [2.75, 3.05) is 56.7 Å². The summed E-state index contributed by atoms with van der Waals surface area (Å²) >= 11 is 6.00. The summed E-state index contributed by atoms with van der Waals surface area (Å²) in [6, 6.07) is 1.74. The van der Waals surface area contributed by atoms with E-state index < -0.39 is 51.1 Å². The number of benzene rings is 1. The number of ether oxygens (including phenoxy) is 3. The Morgan fingerprint density at radius 1 is 1.18 bits per heavy atom. The van der Waals surface area contributed by atoms with Crippen LogP contribution >= 0.6 is 11.6 Å². The van der Waals surface area contributed by atoms with Gasteiger partial charge in [0.25, 0.3) is 0 Å². The molecule has 0 bridgehead atoms. The second-order valence-electron chi connectivity index (χ2n) is 12.0. The van der Waals surface area contributed by atoms with Gasteiger partial charge in [0, 0.05) is 37.2 Å². The van der Waals surface area contributed by atoms with Gasteiger partial charge in [-0.2, -0.15) is 23.1 Å². The fourth-order valence-electron chi connectivity index (χ4n) is 7.22. The van der Waals surface area contributed by atoms with Crippen LogP contribution in [0.25, 0.3) is 22.2 Å². The Hall–Kier alpha value is -3.23. The number of nitrogens with zero attached hydrogens (tertiary/aromatic N) is 5. The average Bonchev–Trinajstić information content (AvgIpc) is 3.44. The Morgan fingerprint density at radius 2 is 1.98 bits per heavy atom. The van der Waals surface area contributed by atoms with Crippen molar-refractivity contribution in [2.24, 2.45) is 0 Å². The highest BCUT2D eigenvalue weighted by Gasteiger charge is 2.50. The van der Waals surface area contributed by atoms with E-state index in [2.05, 4.69) is 14.9 Å². The van der Waals surface area contributed by atoms with E-state index in [4.69, 9.17) is 36.5 Å². The highest BCUT2D eigenvalue weighted by Crippen LogP contribution is 2.48. The fourth-order valence-corrected chi connectivity index (χ4v) is 7.55. The molecular formula is C29H30ClF5N6O3. The van der Waals surface area contributed by atoms with Crippen molar-refractivity contribution in [3.63, 3.8) is 0 Å². The molecule has 0 aliphatic carbocycles. The first-order valence-corrected chi connectivity index (χ1v) is 14.9. The van der Waals surface area contributed by atoms with Crippen LogP contribution in [-0.4, -0.2) is 83.2 Å². The first kappa shape index (κ1) is 29.5.